The number of piperidine rings is 1. The Labute approximate surface area is 161 Å². The SMILES string of the molecule is Cl.O=S(c1cccc(Cl)n1)C1CCN(CCc2ccc(F)cc2)CC1. The maximum atomic E-state index is 12.9. The Balaban J connectivity index is 0.00000225. The first-order chi connectivity index (χ1) is 11.6. The molecule has 0 N–H and O–H groups in total. The van der Waals surface area contributed by atoms with Gasteiger partial charge in [0.2, 0.25) is 0 Å². The first kappa shape index (κ1) is 20.3. The monoisotopic (exact) mass is 402 g/mol. The van der Waals surface area contributed by atoms with Gasteiger partial charge in [0.1, 0.15) is 16.0 Å². The molecule has 3 rings (SSSR count). The summed E-state index contributed by atoms with van der Waals surface area (Å²) in [6.07, 6.45) is 2.69. The highest BCUT2D eigenvalue weighted by Gasteiger charge is 2.25. The third-order valence-corrected chi connectivity index (χ3v) is 6.29. The fourth-order valence-electron chi connectivity index (χ4n) is 2.96. The van der Waals surface area contributed by atoms with Gasteiger partial charge in [-0.25, -0.2) is 9.37 Å². The van der Waals surface area contributed by atoms with Crippen molar-refractivity contribution < 1.29 is 8.60 Å². The molecule has 0 amide bonds. The molecule has 1 aromatic heterocycles. The third kappa shape index (κ3) is 5.74. The molecule has 136 valence electrons. The summed E-state index contributed by atoms with van der Waals surface area (Å²) in [5.41, 5.74) is 1.14. The Morgan fingerprint density at radius 2 is 1.84 bits per heavy atom. The van der Waals surface area contributed by atoms with Crippen LogP contribution in [0.1, 0.15) is 18.4 Å². The second-order valence-electron chi connectivity index (χ2n) is 6.01. The molecule has 1 unspecified atom stereocenters. The molecular formula is C18H21Cl2FN2OS. The molecule has 2 heterocycles. The number of pyridine rings is 1. The molecule has 0 aliphatic carbocycles. The van der Waals surface area contributed by atoms with Crippen LogP contribution in [-0.4, -0.2) is 39.0 Å². The predicted molar refractivity (Wildman–Crippen MR) is 102 cm³/mol. The zero-order valence-corrected chi connectivity index (χ0v) is 16.1. The van der Waals surface area contributed by atoms with Crippen molar-refractivity contribution in [2.45, 2.75) is 29.5 Å². The Kier molecular flexibility index (Phi) is 7.81. The molecule has 1 aromatic carbocycles. The van der Waals surface area contributed by atoms with Crippen LogP contribution in [0.5, 0.6) is 0 Å². The van der Waals surface area contributed by atoms with Gasteiger partial charge in [0.25, 0.3) is 0 Å². The lowest BCUT2D eigenvalue weighted by Gasteiger charge is -2.31. The molecule has 1 aliphatic rings. The third-order valence-electron chi connectivity index (χ3n) is 4.36. The minimum absolute atomic E-state index is 0. The molecule has 1 aliphatic heterocycles. The van der Waals surface area contributed by atoms with E-state index >= 15 is 0 Å². The van der Waals surface area contributed by atoms with E-state index in [0.717, 1.165) is 44.5 Å². The quantitative estimate of drug-likeness (QED) is 0.705. The van der Waals surface area contributed by atoms with Gasteiger partial charge in [0.05, 0.1) is 10.8 Å². The summed E-state index contributed by atoms with van der Waals surface area (Å²) in [6.45, 7) is 2.80. The van der Waals surface area contributed by atoms with Gasteiger partial charge >= 0.3 is 0 Å². The van der Waals surface area contributed by atoms with Crippen LogP contribution in [-0.2, 0) is 17.2 Å². The van der Waals surface area contributed by atoms with Crippen molar-refractivity contribution in [3.8, 4) is 0 Å². The van der Waals surface area contributed by atoms with E-state index in [2.05, 4.69) is 9.88 Å². The number of benzene rings is 1. The summed E-state index contributed by atoms with van der Waals surface area (Å²) >= 11 is 5.88. The molecule has 0 bridgehead atoms. The molecule has 0 radical (unpaired) electrons. The Morgan fingerprint density at radius 1 is 1.16 bits per heavy atom. The van der Waals surface area contributed by atoms with Crippen molar-refractivity contribution in [3.05, 3.63) is 59.0 Å². The second-order valence-corrected chi connectivity index (χ2v) is 8.08. The van der Waals surface area contributed by atoms with Crippen molar-refractivity contribution >= 4 is 34.8 Å². The number of aromatic nitrogens is 1. The highest BCUT2D eigenvalue weighted by Crippen LogP contribution is 2.21. The van der Waals surface area contributed by atoms with E-state index in [-0.39, 0.29) is 23.5 Å². The normalized spacial score (nSPS) is 17.0. The maximum Gasteiger partial charge on any atom is 0.130 e. The van der Waals surface area contributed by atoms with Gasteiger partial charge in [0.15, 0.2) is 0 Å². The minimum atomic E-state index is -1.10. The lowest BCUT2D eigenvalue weighted by Crippen LogP contribution is -2.38. The van der Waals surface area contributed by atoms with Gasteiger partial charge in [-0.05, 0) is 62.2 Å². The summed E-state index contributed by atoms with van der Waals surface area (Å²) in [7, 11) is -1.10. The summed E-state index contributed by atoms with van der Waals surface area (Å²) in [5, 5.41) is 1.10. The molecule has 1 atom stereocenters. The fraction of sp³-hybridized carbons (Fsp3) is 0.389. The molecule has 1 fully saturated rings. The first-order valence-corrected chi connectivity index (χ1v) is 9.71. The van der Waals surface area contributed by atoms with E-state index in [1.165, 1.54) is 12.1 Å². The van der Waals surface area contributed by atoms with E-state index in [0.29, 0.717) is 10.2 Å². The summed E-state index contributed by atoms with van der Waals surface area (Å²) in [6, 6.07) is 11.9. The van der Waals surface area contributed by atoms with Gasteiger partial charge in [0, 0.05) is 11.8 Å². The molecule has 0 saturated carbocycles. The lowest BCUT2D eigenvalue weighted by molar-refractivity contribution is 0.234. The van der Waals surface area contributed by atoms with Crippen LogP contribution >= 0.6 is 24.0 Å². The van der Waals surface area contributed by atoms with Gasteiger partial charge in [-0.15, -0.1) is 12.4 Å². The average Bonchev–Trinajstić information content (AvgIpc) is 2.61. The Hall–Kier alpha value is -1.01. The van der Waals surface area contributed by atoms with Crippen LogP contribution in [0.4, 0.5) is 4.39 Å². The van der Waals surface area contributed by atoms with Gasteiger partial charge < -0.3 is 4.90 Å². The summed E-state index contributed by atoms with van der Waals surface area (Å²) < 4.78 is 25.5. The van der Waals surface area contributed by atoms with E-state index in [4.69, 9.17) is 11.6 Å². The van der Waals surface area contributed by atoms with Crippen molar-refractivity contribution in [1.82, 2.24) is 9.88 Å². The highest BCUT2D eigenvalue weighted by atomic mass is 35.5. The number of hydrogen-bond acceptors (Lipinski definition) is 3. The highest BCUT2D eigenvalue weighted by molar-refractivity contribution is 7.85. The van der Waals surface area contributed by atoms with Crippen LogP contribution in [0.3, 0.4) is 0 Å². The van der Waals surface area contributed by atoms with Gasteiger partial charge in [-0.2, -0.15) is 0 Å². The molecule has 2 aromatic rings. The topological polar surface area (TPSA) is 33.2 Å². The number of rotatable bonds is 5. The van der Waals surface area contributed by atoms with Crippen LogP contribution in [0.2, 0.25) is 5.15 Å². The standard InChI is InChI=1S/C18H20ClFN2OS.ClH/c19-17-2-1-3-18(21-17)24(23)16-9-12-22(13-10-16)11-8-14-4-6-15(20)7-5-14;/h1-7,16H,8-13H2;1H. The second kappa shape index (κ2) is 9.62. The number of nitrogens with zero attached hydrogens (tertiary/aromatic N) is 2. The van der Waals surface area contributed by atoms with Crippen molar-refractivity contribution in [2.75, 3.05) is 19.6 Å². The molecule has 25 heavy (non-hydrogen) atoms. The summed E-state index contributed by atoms with van der Waals surface area (Å²) in [4.78, 5) is 6.55. The maximum absolute atomic E-state index is 12.9. The van der Waals surface area contributed by atoms with E-state index < -0.39 is 10.8 Å². The molecule has 1 saturated heterocycles. The van der Waals surface area contributed by atoms with Crippen molar-refractivity contribution in [2.24, 2.45) is 0 Å². The van der Waals surface area contributed by atoms with Crippen LogP contribution in [0.25, 0.3) is 0 Å². The van der Waals surface area contributed by atoms with E-state index in [1.807, 2.05) is 12.1 Å². The van der Waals surface area contributed by atoms with Crippen LogP contribution in [0.15, 0.2) is 47.5 Å². The lowest BCUT2D eigenvalue weighted by atomic mass is 10.1. The molecule has 7 heteroatoms. The number of halogens is 3. The van der Waals surface area contributed by atoms with Crippen molar-refractivity contribution in [1.29, 1.82) is 0 Å². The number of likely N-dealkylation sites (tertiary alicyclic amines) is 1. The van der Waals surface area contributed by atoms with Crippen LogP contribution in [0, 0.1) is 5.82 Å². The van der Waals surface area contributed by atoms with Gasteiger partial charge in [-0.3, -0.25) is 4.21 Å². The van der Waals surface area contributed by atoms with E-state index in [9.17, 15) is 8.60 Å². The number of hydrogen-bond donors (Lipinski definition) is 0. The Morgan fingerprint density at radius 3 is 2.48 bits per heavy atom. The zero-order chi connectivity index (χ0) is 16.9. The molecular weight excluding hydrogens is 382 g/mol. The van der Waals surface area contributed by atoms with Crippen LogP contribution < -0.4 is 0 Å². The Bertz CT molecular complexity index is 706. The minimum Gasteiger partial charge on any atom is -0.303 e. The van der Waals surface area contributed by atoms with Gasteiger partial charge in [-0.1, -0.05) is 29.8 Å². The first-order valence-electron chi connectivity index (χ1n) is 8.12. The zero-order valence-electron chi connectivity index (χ0n) is 13.7. The predicted octanol–water partition coefficient (Wildman–Crippen LogP) is 4.11. The summed E-state index contributed by atoms with van der Waals surface area (Å²) in [5.74, 6) is -0.198. The van der Waals surface area contributed by atoms with E-state index in [1.54, 1.807) is 18.2 Å². The smallest absolute Gasteiger partial charge is 0.130 e. The fourth-order valence-corrected chi connectivity index (χ4v) is 4.55. The molecule has 0 spiro atoms. The van der Waals surface area contributed by atoms with Crippen molar-refractivity contribution in [3.63, 3.8) is 0 Å². The molecule has 3 nitrogen and oxygen atoms in total. The average molecular weight is 403 g/mol. The largest absolute Gasteiger partial charge is 0.303 e.